The second-order valence-corrected chi connectivity index (χ2v) is 4.96. The first-order chi connectivity index (χ1) is 8.73. The van der Waals surface area contributed by atoms with Crippen molar-refractivity contribution >= 4 is 24.4 Å². The van der Waals surface area contributed by atoms with Gasteiger partial charge in [0, 0.05) is 17.2 Å². The standard InChI is InChI=1S/C12H18BNO5/c1-12(2,3)19-11(15)14-8-5-6-9(13(16)17)10(7-8)18-4/h5-7,16-17H,1-4H3,(H,14,15). The Hall–Kier alpha value is -1.73. The average molecular weight is 267 g/mol. The monoisotopic (exact) mass is 267 g/mol. The molecule has 0 heterocycles. The van der Waals surface area contributed by atoms with Crippen LogP contribution in [0.3, 0.4) is 0 Å². The zero-order chi connectivity index (χ0) is 14.6. The van der Waals surface area contributed by atoms with Crippen molar-refractivity contribution in [2.75, 3.05) is 12.4 Å². The van der Waals surface area contributed by atoms with Crippen LogP contribution in [0.15, 0.2) is 18.2 Å². The molecule has 6 nitrogen and oxygen atoms in total. The molecule has 1 aromatic carbocycles. The van der Waals surface area contributed by atoms with E-state index in [2.05, 4.69) is 5.32 Å². The number of hydrogen-bond donors (Lipinski definition) is 3. The van der Waals surface area contributed by atoms with Crippen molar-refractivity contribution in [3.05, 3.63) is 18.2 Å². The highest BCUT2D eigenvalue weighted by atomic mass is 16.6. The number of hydrogen-bond acceptors (Lipinski definition) is 5. The van der Waals surface area contributed by atoms with E-state index in [1.807, 2.05) is 0 Å². The fourth-order valence-corrected chi connectivity index (χ4v) is 1.42. The lowest BCUT2D eigenvalue weighted by Crippen LogP contribution is -2.31. The van der Waals surface area contributed by atoms with Crippen LogP contribution in [-0.4, -0.2) is 36.0 Å². The van der Waals surface area contributed by atoms with Crippen LogP contribution in [0, 0.1) is 0 Å². The van der Waals surface area contributed by atoms with Crippen molar-refractivity contribution in [3.63, 3.8) is 0 Å². The number of amides is 1. The number of benzene rings is 1. The lowest BCUT2D eigenvalue weighted by molar-refractivity contribution is 0.0636. The summed E-state index contributed by atoms with van der Waals surface area (Å²) in [4.78, 5) is 11.6. The first kappa shape index (κ1) is 15.3. The van der Waals surface area contributed by atoms with Gasteiger partial charge in [0.2, 0.25) is 0 Å². The van der Waals surface area contributed by atoms with Gasteiger partial charge in [-0.3, -0.25) is 5.32 Å². The van der Waals surface area contributed by atoms with E-state index in [0.29, 0.717) is 5.69 Å². The van der Waals surface area contributed by atoms with Gasteiger partial charge in [-0.1, -0.05) is 6.07 Å². The van der Waals surface area contributed by atoms with Crippen LogP contribution in [0.4, 0.5) is 10.5 Å². The maximum Gasteiger partial charge on any atom is 0.492 e. The molecule has 0 aromatic heterocycles. The molecule has 1 rings (SSSR count). The molecule has 0 aliphatic carbocycles. The lowest BCUT2D eigenvalue weighted by Gasteiger charge is -2.20. The Labute approximate surface area is 112 Å². The third kappa shape index (κ3) is 4.80. The molecule has 7 heteroatoms. The van der Waals surface area contributed by atoms with Gasteiger partial charge >= 0.3 is 13.2 Å². The first-order valence-corrected chi connectivity index (χ1v) is 5.77. The quantitative estimate of drug-likeness (QED) is 0.702. The first-order valence-electron chi connectivity index (χ1n) is 5.77. The zero-order valence-corrected chi connectivity index (χ0v) is 11.4. The highest BCUT2D eigenvalue weighted by molar-refractivity contribution is 6.59. The van der Waals surface area contributed by atoms with Crippen LogP contribution in [0.1, 0.15) is 20.8 Å². The van der Waals surface area contributed by atoms with Crippen molar-refractivity contribution < 1.29 is 24.3 Å². The largest absolute Gasteiger partial charge is 0.497 e. The van der Waals surface area contributed by atoms with Gasteiger partial charge in [0.1, 0.15) is 11.4 Å². The minimum atomic E-state index is -1.63. The number of rotatable bonds is 3. The molecule has 19 heavy (non-hydrogen) atoms. The molecule has 0 unspecified atom stereocenters. The van der Waals surface area contributed by atoms with E-state index in [4.69, 9.17) is 19.5 Å². The summed E-state index contributed by atoms with van der Waals surface area (Å²) in [6, 6.07) is 4.47. The SMILES string of the molecule is COc1cc(NC(=O)OC(C)(C)C)ccc1B(O)O. The van der Waals surface area contributed by atoms with E-state index in [1.54, 1.807) is 20.8 Å². The molecule has 0 atom stereocenters. The average Bonchev–Trinajstić information content (AvgIpc) is 2.25. The van der Waals surface area contributed by atoms with Gasteiger partial charge in [-0.15, -0.1) is 0 Å². The summed E-state index contributed by atoms with van der Waals surface area (Å²) in [5, 5.41) is 20.8. The van der Waals surface area contributed by atoms with Crippen LogP contribution >= 0.6 is 0 Å². The molecule has 3 N–H and O–H groups in total. The van der Waals surface area contributed by atoms with E-state index in [1.165, 1.54) is 25.3 Å². The van der Waals surface area contributed by atoms with Crippen LogP contribution in [0.5, 0.6) is 5.75 Å². The number of anilines is 1. The number of carbonyl (C=O) groups excluding carboxylic acids is 1. The van der Waals surface area contributed by atoms with Gasteiger partial charge in [0.15, 0.2) is 0 Å². The molecule has 104 valence electrons. The predicted molar refractivity (Wildman–Crippen MR) is 72.7 cm³/mol. The Balaban J connectivity index is 2.83. The smallest absolute Gasteiger partial charge is 0.492 e. The van der Waals surface area contributed by atoms with Gasteiger partial charge in [-0.25, -0.2) is 4.79 Å². The predicted octanol–water partition coefficient (Wildman–Crippen LogP) is 0.722. The van der Waals surface area contributed by atoms with Crippen molar-refractivity contribution in [2.45, 2.75) is 26.4 Å². The second-order valence-electron chi connectivity index (χ2n) is 4.96. The van der Waals surface area contributed by atoms with E-state index in [-0.39, 0.29) is 11.2 Å². The molecule has 1 amide bonds. The van der Waals surface area contributed by atoms with Crippen LogP contribution < -0.4 is 15.5 Å². The van der Waals surface area contributed by atoms with Gasteiger partial charge in [-0.2, -0.15) is 0 Å². The van der Waals surface area contributed by atoms with E-state index < -0.39 is 18.8 Å². The van der Waals surface area contributed by atoms with E-state index >= 15 is 0 Å². The Bertz CT molecular complexity index is 456. The molecule has 0 spiro atoms. The van der Waals surface area contributed by atoms with Crippen molar-refractivity contribution in [3.8, 4) is 5.75 Å². The highest BCUT2D eigenvalue weighted by Gasteiger charge is 2.19. The molecule has 0 fully saturated rings. The fourth-order valence-electron chi connectivity index (χ4n) is 1.42. The Morgan fingerprint density at radius 3 is 2.42 bits per heavy atom. The molecule has 0 saturated heterocycles. The molecule has 0 aliphatic rings. The number of carbonyl (C=O) groups is 1. The van der Waals surface area contributed by atoms with E-state index in [9.17, 15) is 4.79 Å². The summed E-state index contributed by atoms with van der Waals surface area (Å²) in [6.45, 7) is 5.29. The van der Waals surface area contributed by atoms with Crippen molar-refractivity contribution in [1.82, 2.24) is 0 Å². The summed E-state index contributed by atoms with van der Waals surface area (Å²) >= 11 is 0. The molecule has 0 bridgehead atoms. The molecular formula is C12H18BNO5. The summed E-state index contributed by atoms with van der Waals surface area (Å²) in [5.74, 6) is 0.267. The van der Waals surface area contributed by atoms with Gasteiger partial charge in [0.05, 0.1) is 7.11 Å². The number of nitrogens with one attached hydrogen (secondary N) is 1. The molecule has 1 aromatic rings. The summed E-state index contributed by atoms with van der Waals surface area (Å²) in [7, 11) is -0.233. The summed E-state index contributed by atoms with van der Waals surface area (Å²) in [6.07, 6.45) is -0.591. The minimum absolute atomic E-state index is 0.220. The van der Waals surface area contributed by atoms with Crippen LogP contribution in [0.2, 0.25) is 0 Å². The molecule has 0 saturated carbocycles. The normalized spacial score (nSPS) is 10.8. The zero-order valence-electron chi connectivity index (χ0n) is 11.4. The fraction of sp³-hybridized carbons (Fsp3) is 0.417. The highest BCUT2D eigenvalue weighted by Crippen LogP contribution is 2.17. The van der Waals surface area contributed by atoms with Crippen LogP contribution in [0.25, 0.3) is 0 Å². The second kappa shape index (κ2) is 5.94. The van der Waals surface area contributed by atoms with Crippen molar-refractivity contribution in [2.24, 2.45) is 0 Å². The van der Waals surface area contributed by atoms with E-state index in [0.717, 1.165) is 0 Å². The number of ether oxygens (including phenoxy) is 2. The van der Waals surface area contributed by atoms with Gasteiger partial charge in [0.25, 0.3) is 0 Å². The molecule has 0 radical (unpaired) electrons. The molecular weight excluding hydrogens is 249 g/mol. The Morgan fingerprint density at radius 1 is 1.32 bits per heavy atom. The van der Waals surface area contributed by atoms with Gasteiger partial charge in [-0.05, 0) is 26.8 Å². The van der Waals surface area contributed by atoms with Crippen molar-refractivity contribution in [1.29, 1.82) is 0 Å². The van der Waals surface area contributed by atoms with Crippen LogP contribution in [-0.2, 0) is 4.74 Å². The maximum absolute atomic E-state index is 11.6. The minimum Gasteiger partial charge on any atom is -0.497 e. The summed E-state index contributed by atoms with van der Waals surface area (Å²) < 4.78 is 10.1. The maximum atomic E-state index is 11.6. The third-order valence-corrected chi connectivity index (χ3v) is 2.16. The lowest BCUT2D eigenvalue weighted by atomic mass is 9.79. The number of methoxy groups -OCH3 is 1. The topological polar surface area (TPSA) is 88.0 Å². The Kier molecular flexibility index (Phi) is 4.80. The Morgan fingerprint density at radius 2 is 1.95 bits per heavy atom. The molecule has 0 aliphatic heterocycles. The third-order valence-electron chi connectivity index (χ3n) is 2.16. The summed E-state index contributed by atoms with van der Waals surface area (Å²) in [5.41, 5.74) is 0.0720. The van der Waals surface area contributed by atoms with Gasteiger partial charge < -0.3 is 19.5 Å².